The first-order valence-corrected chi connectivity index (χ1v) is 12.1. The van der Waals surface area contributed by atoms with Gasteiger partial charge in [-0.15, -0.1) is 10.2 Å². The van der Waals surface area contributed by atoms with Crippen molar-refractivity contribution in [1.82, 2.24) is 20.1 Å². The van der Waals surface area contributed by atoms with Crippen molar-refractivity contribution in [2.45, 2.75) is 69.0 Å². The first-order chi connectivity index (χ1) is 15.6. The van der Waals surface area contributed by atoms with E-state index in [0.29, 0.717) is 17.0 Å². The summed E-state index contributed by atoms with van der Waals surface area (Å²) in [5, 5.41) is 12.4. The number of hydrogen-bond acceptors (Lipinski definition) is 5. The molecule has 0 aliphatic heterocycles. The predicted octanol–water partition coefficient (Wildman–Crippen LogP) is 5.08. The number of ether oxygens (including phenoxy) is 1. The molecule has 6 nitrogen and oxygen atoms in total. The second-order valence-electron chi connectivity index (χ2n) is 8.23. The fourth-order valence-corrected chi connectivity index (χ4v) is 4.84. The molecule has 0 spiro atoms. The minimum absolute atomic E-state index is 0.0576. The van der Waals surface area contributed by atoms with Crippen LogP contribution < -0.4 is 10.1 Å². The topological polar surface area (TPSA) is 69.0 Å². The maximum atomic E-state index is 12.8. The molecule has 0 radical (unpaired) electrons. The maximum Gasteiger partial charge on any atom is 0.233 e. The molecule has 1 N–H and O–H groups in total. The lowest BCUT2D eigenvalue weighted by Gasteiger charge is -2.24. The molecule has 0 bridgehead atoms. The van der Waals surface area contributed by atoms with Crippen LogP contribution in [0.3, 0.4) is 0 Å². The van der Waals surface area contributed by atoms with Crippen LogP contribution in [0.5, 0.6) is 5.75 Å². The van der Waals surface area contributed by atoms with Gasteiger partial charge < -0.3 is 10.1 Å². The zero-order chi connectivity index (χ0) is 22.3. The van der Waals surface area contributed by atoms with Crippen molar-refractivity contribution in [2.24, 2.45) is 0 Å². The van der Waals surface area contributed by atoms with E-state index in [1.54, 1.807) is 0 Å². The van der Waals surface area contributed by atoms with Gasteiger partial charge in [0.25, 0.3) is 0 Å². The Kier molecular flexibility index (Phi) is 7.47. The van der Waals surface area contributed by atoms with Gasteiger partial charge in [-0.1, -0.05) is 67.4 Å². The third kappa shape index (κ3) is 5.51. The SMILES string of the molecule is Cc1ccccc1OCc1nnc(SC(C)C(=O)NC2CCCCC2)n1-c1ccccc1. The van der Waals surface area contributed by atoms with Gasteiger partial charge in [0.15, 0.2) is 11.0 Å². The molecule has 7 heteroatoms. The summed E-state index contributed by atoms with van der Waals surface area (Å²) in [6, 6.07) is 18.2. The van der Waals surface area contributed by atoms with Crippen LogP contribution in [-0.2, 0) is 11.4 Å². The number of nitrogens with one attached hydrogen (secondary N) is 1. The Morgan fingerprint density at radius 2 is 1.81 bits per heavy atom. The highest BCUT2D eigenvalue weighted by atomic mass is 32.2. The summed E-state index contributed by atoms with van der Waals surface area (Å²) in [5.41, 5.74) is 2.02. The number of nitrogens with zero attached hydrogens (tertiary/aromatic N) is 3. The fourth-order valence-electron chi connectivity index (χ4n) is 3.94. The van der Waals surface area contributed by atoms with E-state index < -0.39 is 0 Å². The van der Waals surface area contributed by atoms with Gasteiger partial charge in [0, 0.05) is 11.7 Å². The maximum absolute atomic E-state index is 12.8. The molecule has 1 fully saturated rings. The number of carbonyl (C=O) groups is 1. The van der Waals surface area contributed by atoms with E-state index in [9.17, 15) is 4.79 Å². The lowest BCUT2D eigenvalue weighted by atomic mass is 9.95. The van der Waals surface area contributed by atoms with Crippen LogP contribution in [0.2, 0.25) is 0 Å². The zero-order valence-corrected chi connectivity index (χ0v) is 19.5. The molecule has 1 aliphatic rings. The lowest BCUT2D eigenvalue weighted by molar-refractivity contribution is -0.121. The van der Waals surface area contributed by atoms with E-state index in [4.69, 9.17) is 4.74 Å². The molecular weight excluding hydrogens is 420 g/mol. The van der Waals surface area contributed by atoms with Crippen molar-refractivity contribution >= 4 is 17.7 Å². The van der Waals surface area contributed by atoms with Crippen LogP contribution in [0.1, 0.15) is 50.4 Å². The number of aryl methyl sites for hydroxylation is 1. The fraction of sp³-hybridized carbons (Fsp3) is 0.400. The van der Waals surface area contributed by atoms with E-state index >= 15 is 0 Å². The smallest absolute Gasteiger partial charge is 0.233 e. The minimum Gasteiger partial charge on any atom is -0.485 e. The monoisotopic (exact) mass is 450 g/mol. The third-order valence-electron chi connectivity index (χ3n) is 5.77. The van der Waals surface area contributed by atoms with Crippen molar-refractivity contribution in [3.05, 3.63) is 66.0 Å². The van der Waals surface area contributed by atoms with E-state index in [2.05, 4.69) is 15.5 Å². The standard InChI is InChI=1S/C25H30N4O2S/c1-18-11-9-10-16-22(18)31-17-23-27-28-25(29(23)21-14-7-4-8-15-21)32-19(2)24(30)26-20-12-5-3-6-13-20/h4,7-11,14-16,19-20H,3,5-6,12-13,17H2,1-2H3,(H,26,30). The molecule has 1 aromatic heterocycles. The van der Waals surface area contributed by atoms with Crippen molar-refractivity contribution in [1.29, 1.82) is 0 Å². The predicted molar refractivity (Wildman–Crippen MR) is 127 cm³/mol. The number of hydrogen-bond donors (Lipinski definition) is 1. The Bertz CT molecular complexity index is 1030. The lowest BCUT2D eigenvalue weighted by Crippen LogP contribution is -2.40. The molecule has 32 heavy (non-hydrogen) atoms. The zero-order valence-electron chi connectivity index (χ0n) is 18.7. The van der Waals surface area contributed by atoms with Gasteiger partial charge in [-0.3, -0.25) is 9.36 Å². The van der Waals surface area contributed by atoms with Crippen LogP contribution in [0, 0.1) is 6.92 Å². The average molecular weight is 451 g/mol. The normalized spacial score (nSPS) is 15.3. The second kappa shape index (κ2) is 10.7. The molecule has 1 heterocycles. The van der Waals surface area contributed by atoms with Gasteiger partial charge in [-0.25, -0.2) is 0 Å². The van der Waals surface area contributed by atoms with Crippen LogP contribution in [0.15, 0.2) is 59.8 Å². The summed E-state index contributed by atoms with van der Waals surface area (Å²) in [6.45, 7) is 4.23. The molecule has 1 aliphatic carbocycles. The Labute approximate surface area is 193 Å². The number of carbonyl (C=O) groups excluding carboxylic acids is 1. The van der Waals surface area contributed by atoms with Gasteiger partial charge in [-0.05, 0) is 50.5 Å². The van der Waals surface area contributed by atoms with Crippen LogP contribution in [0.4, 0.5) is 0 Å². The van der Waals surface area contributed by atoms with Gasteiger partial charge >= 0.3 is 0 Å². The molecule has 0 saturated heterocycles. The molecule has 3 aromatic rings. The summed E-state index contributed by atoms with van der Waals surface area (Å²) < 4.78 is 8.02. The van der Waals surface area contributed by atoms with E-state index in [1.165, 1.54) is 31.0 Å². The van der Waals surface area contributed by atoms with Crippen molar-refractivity contribution in [2.75, 3.05) is 0 Å². The van der Waals surface area contributed by atoms with Crippen LogP contribution >= 0.6 is 11.8 Å². The second-order valence-corrected chi connectivity index (χ2v) is 9.54. The van der Waals surface area contributed by atoms with Crippen molar-refractivity contribution in [3.8, 4) is 11.4 Å². The van der Waals surface area contributed by atoms with E-state index in [0.717, 1.165) is 29.8 Å². The van der Waals surface area contributed by atoms with Crippen LogP contribution in [-0.4, -0.2) is 32.0 Å². The Hall–Kier alpha value is -2.80. The van der Waals surface area contributed by atoms with Gasteiger partial charge in [0.2, 0.25) is 5.91 Å². The third-order valence-corrected chi connectivity index (χ3v) is 6.81. The first-order valence-electron chi connectivity index (χ1n) is 11.3. The van der Waals surface area contributed by atoms with Gasteiger partial charge in [0.1, 0.15) is 12.4 Å². The highest BCUT2D eigenvalue weighted by Crippen LogP contribution is 2.27. The number of para-hydroxylation sites is 2. The Morgan fingerprint density at radius 1 is 1.09 bits per heavy atom. The molecule has 1 amide bonds. The first kappa shape index (κ1) is 22.4. The molecular formula is C25H30N4O2S. The largest absolute Gasteiger partial charge is 0.485 e. The molecule has 1 saturated carbocycles. The van der Waals surface area contributed by atoms with Crippen molar-refractivity contribution in [3.63, 3.8) is 0 Å². The number of amides is 1. The summed E-state index contributed by atoms with van der Waals surface area (Å²) in [6.07, 6.45) is 5.80. The number of rotatable bonds is 8. The van der Waals surface area contributed by atoms with Crippen LogP contribution in [0.25, 0.3) is 5.69 Å². The molecule has 4 rings (SSSR count). The van der Waals surface area contributed by atoms with Crippen molar-refractivity contribution < 1.29 is 9.53 Å². The molecule has 168 valence electrons. The summed E-state index contributed by atoms with van der Waals surface area (Å²) >= 11 is 1.43. The molecule has 1 unspecified atom stereocenters. The van der Waals surface area contributed by atoms with Gasteiger partial charge in [0.05, 0.1) is 5.25 Å². The minimum atomic E-state index is -0.270. The van der Waals surface area contributed by atoms with Gasteiger partial charge in [-0.2, -0.15) is 0 Å². The summed E-state index contributed by atoms with van der Waals surface area (Å²) in [4.78, 5) is 12.8. The highest BCUT2D eigenvalue weighted by Gasteiger charge is 2.24. The highest BCUT2D eigenvalue weighted by molar-refractivity contribution is 8.00. The van der Waals surface area contributed by atoms with E-state index in [-0.39, 0.29) is 17.8 Å². The molecule has 1 atom stereocenters. The van der Waals surface area contributed by atoms with E-state index in [1.807, 2.05) is 73.0 Å². The summed E-state index contributed by atoms with van der Waals surface area (Å²) in [5.74, 6) is 1.58. The Morgan fingerprint density at radius 3 is 2.56 bits per heavy atom. The molecule has 2 aromatic carbocycles. The Balaban J connectivity index is 1.51. The average Bonchev–Trinajstić information content (AvgIpc) is 3.22. The number of thioether (sulfide) groups is 1. The summed E-state index contributed by atoms with van der Waals surface area (Å²) in [7, 11) is 0. The quantitative estimate of drug-likeness (QED) is 0.485. The number of benzene rings is 2. The number of aromatic nitrogens is 3.